The molecule has 4 rings (SSSR count). The quantitative estimate of drug-likeness (QED) is 0.723. The zero-order valence-electron chi connectivity index (χ0n) is 16.9. The third-order valence-electron chi connectivity index (χ3n) is 6.06. The largest absolute Gasteiger partial charge is 0.341 e. The molecular formula is C22H29ClN4O2. The maximum atomic E-state index is 12.7. The van der Waals surface area contributed by atoms with Crippen molar-refractivity contribution in [1.82, 2.24) is 19.9 Å². The standard InChI is InChI=1S/C22H29ClN4O2/c23-19-9-7-18(8-10-19)22-24-20(29-25-22)16-26-11-4-12-27(14-13-26)21(28)15-17-5-2-1-3-6-17/h7-10,17H,1-6,11-16H2. The van der Waals surface area contributed by atoms with Gasteiger partial charge >= 0.3 is 0 Å². The van der Waals surface area contributed by atoms with Gasteiger partial charge in [-0.25, -0.2) is 0 Å². The van der Waals surface area contributed by atoms with E-state index in [4.69, 9.17) is 16.1 Å². The van der Waals surface area contributed by atoms with Gasteiger partial charge in [-0.3, -0.25) is 9.69 Å². The Balaban J connectivity index is 1.28. The maximum Gasteiger partial charge on any atom is 0.241 e. The van der Waals surface area contributed by atoms with E-state index >= 15 is 0 Å². The van der Waals surface area contributed by atoms with Crippen molar-refractivity contribution in [3.05, 3.63) is 35.2 Å². The molecule has 2 fully saturated rings. The van der Waals surface area contributed by atoms with Gasteiger partial charge in [0.1, 0.15) is 0 Å². The Morgan fingerprint density at radius 2 is 1.83 bits per heavy atom. The SMILES string of the molecule is O=C(CC1CCCCC1)N1CCCN(Cc2nc(-c3ccc(Cl)cc3)no2)CC1. The maximum absolute atomic E-state index is 12.7. The fourth-order valence-electron chi connectivity index (χ4n) is 4.37. The lowest BCUT2D eigenvalue weighted by Crippen LogP contribution is -2.36. The van der Waals surface area contributed by atoms with Crippen LogP contribution in [0.25, 0.3) is 11.4 Å². The molecule has 2 heterocycles. The first kappa shape index (κ1) is 20.4. The normalized spacial score (nSPS) is 19.3. The van der Waals surface area contributed by atoms with Gasteiger partial charge in [0.15, 0.2) is 0 Å². The second-order valence-electron chi connectivity index (χ2n) is 8.24. The topological polar surface area (TPSA) is 62.5 Å². The van der Waals surface area contributed by atoms with Gasteiger partial charge in [-0.15, -0.1) is 0 Å². The molecule has 2 aliphatic rings. The molecule has 0 bridgehead atoms. The first-order valence-corrected chi connectivity index (χ1v) is 11.1. The molecule has 29 heavy (non-hydrogen) atoms. The van der Waals surface area contributed by atoms with Crippen LogP contribution in [0.1, 0.15) is 50.8 Å². The minimum atomic E-state index is 0.335. The van der Waals surface area contributed by atoms with E-state index in [1.54, 1.807) is 0 Å². The highest BCUT2D eigenvalue weighted by Gasteiger charge is 2.24. The van der Waals surface area contributed by atoms with Crippen LogP contribution in [0.4, 0.5) is 0 Å². The molecule has 156 valence electrons. The van der Waals surface area contributed by atoms with Gasteiger partial charge < -0.3 is 9.42 Å². The first-order valence-electron chi connectivity index (χ1n) is 10.8. The van der Waals surface area contributed by atoms with Gasteiger partial charge in [0.25, 0.3) is 0 Å². The Morgan fingerprint density at radius 3 is 2.62 bits per heavy atom. The van der Waals surface area contributed by atoms with E-state index in [0.29, 0.717) is 35.1 Å². The predicted molar refractivity (Wildman–Crippen MR) is 112 cm³/mol. The zero-order valence-corrected chi connectivity index (χ0v) is 17.6. The number of rotatable bonds is 5. The number of amides is 1. The lowest BCUT2D eigenvalue weighted by Gasteiger charge is -2.26. The summed E-state index contributed by atoms with van der Waals surface area (Å²) in [6.07, 6.45) is 8.06. The zero-order chi connectivity index (χ0) is 20.1. The number of halogens is 1. The molecule has 0 unspecified atom stereocenters. The highest BCUT2D eigenvalue weighted by molar-refractivity contribution is 6.30. The average Bonchev–Trinajstić information content (AvgIpc) is 3.07. The molecule has 1 aromatic carbocycles. The van der Waals surface area contributed by atoms with Crippen LogP contribution in [-0.2, 0) is 11.3 Å². The Hall–Kier alpha value is -1.92. The number of carbonyl (C=O) groups is 1. The lowest BCUT2D eigenvalue weighted by molar-refractivity contribution is -0.132. The monoisotopic (exact) mass is 416 g/mol. The third kappa shape index (κ3) is 5.58. The predicted octanol–water partition coefficient (Wildman–Crippen LogP) is 4.39. The van der Waals surface area contributed by atoms with E-state index in [2.05, 4.69) is 19.9 Å². The number of hydrogen-bond acceptors (Lipinski definition) is 5. The minimum Gasteiger partial charge on any atom is -0.341 e. The van der Waals surface area contributed by atoms with E-state index in [1.165, 1.54) is 32.1 Å². The van der Waals surface area contributed by atoms with E-state index in [9.17, 15) is 4.79 Å². The van der Waals surface area contributed by atoms with Crippen LogP contribution in [0.5, 0.6) is 0 Å². The van der Waals surface area contributed by atoms with Crippen LogP contribution in [0.3, 0.4) is 0 Å². The summed E-state index contributed by atoms with van der Waals surface area (Å²) in [5.41, 5.74) is 0.889. The number of aromatic nitrogens is 2. The van der Waals surface area contributed by atoms with E-state index < -0.39 is 0 Å². The highest BCUT2D eigenvalue weighted by atomic mass is 35.5. The summed E-state index contributed by atoms with van der Waals surface area (Å²) in [6, 6.07) is 7.42. The van der Waals surface area contributed by atoms with Crippen LogP contribution in [-0.4, -0.2) is 52.0 Å². The van der Waals surface area contributed by atoms with Gasteiger partial charge in [0.05, 0.1) is 6.54 Å². The molecule has 0 atom stereocenters. The van der Waals surface area contributed by atoms with Gasteiger partial charge in [0, 0.05) is 43.2 Å². The molecule has 1 aliphatic carbocycles. The average molecular weight is 417 g/mol. The molecule has 1 amide bonds. The Labute approximate surface area is 177 Å². The number of nitrogens with zero attached hydrogens (tertiary/aromatic N) is 4. The van der Waals surface area contributed by atoms with Crippen molar-refractivity contribution in [3.63, 3.8) is 0 Å². The second kappa shape index (κ2) is 9.72. The molecule has 1 aromatic heterocycles. The molecule has 2 aromatic rings. The molecule has 1 saturated heterocycles. The van der Waals surface area contributed by atoms with Crippen molar-refractivity contribution in [1.29, 1.82) is 0 Å². The van der Waals surface area contributed by atoms with Crippen molar-refractivity contribution in [2.24, 2.45) is 5.92 Å². The van der Waals surface area contributed by atoms with E-state index in [0.717, 1.165) is 44.6 Å². The summed E-state index contributed by atoms with van der Waals surface area (Å²) in [6.45, 7) is 4.03. The smallest absolute Gasteiger partial charge is 0.241 e. The third-order valence-corrected chi connectivity index (χ3v) is 6.31. The van der Waals surface area contributed by atoms with E-state index in [-0.39, 0.29) is 0 Å². The van der Waals surface area contributed by atoms with Crippen LogP contribution < -0.4 is 0 Å². The van der Waals surface area contributed by atoms with Crippen LogP contribution >= 0.6 is 11.6 Å². The molecule has 1 aliphatic heterocycles. The fraction of sp³-hybridized carbons (Fsp3) is 0.591. The lowest BCUT2D eigenvalue weighted by atomic mass is 9.86. The first-order chi connectivity index (χ1) is 14.2. The van der Waals surface area contributed by atoms with Crippen molar-refractivity contribution in [3.8, 4) is 11.4 Å². The molecule has 7 heteroatoms. The Bertz CT molecular complexity index is 801. The van der Waals surface area contributed by atoms with Crippen molar-refractivity contribution < 1.29 is 9.32 Å². The number of benzene rings is 1. The van der Waals surface area contributed by atoms with E-state index in [1.807, 2.05) is 24.3 Å². The van der Waals surface area contributed by atoms with Crippen molar-refractivity contribution in [2.45, 2.75) is 51.5 Å². The summed E-state index contributed by atoms with van der Waals surface area (Å²) >= 11 is 5.94. The Morgan fingerprint density at radius 1 is 1.03 bits per heavy atom. The molecule has 0 spiro atoms. The highest BCUT2D eigenvalue weighted by Crippen LogP contribution is 2.27. The summed E-state index contributed by atoms with van der Waals surface area (Å²) in [5.74, 6) is 2.12. The fourth-order valence-corrected chi connectivity index (χ4v) is 4.50. The Kier molecular flexibility index (Phi) is 6.82. The molecule has 1 saturated carbocycles. The summed E-state index contributed by atoms with van der Waals surface area (Å²) in [7, 11) is 0. The summed E-state index contributed by atoms with van der Waals surface area (Å²) < 4.78 is 5.45. The molecule has 6 nitrogen and oxygen atoms in total. The van der Waals surface area contributed by atoms with Gasteiger partial charge in [-0.2, -0.15) is 4.98 Å². The second-order valence-corrected chi connectivity index (χ2v) is 8.67. The van der Waals surface area contributed by atoms with Crippen molar-refractivity contribution >= 4 is 17.5 Å². The van der Waals surface area contributed by atoms with Crippen LogP contribution in [0.2, 0.25) is 5.02 Å². The molecule has 0 radical (unpaired) electrons. The number of carbonyl (C=O) groups excluding carboxylic acids is 1. The molecule has 0 N–H and O–H groups in total. The van der Waals surface area contributed by atoms with Gasteiger partial charge in [-0.1, -0.05) is 36.0 Å². The summed E-state index contributed by atoms with van der Waals surface area (Å²) in [4.78, 5) is 21.6. The minimum absolute atomic E-state index is 0.335. The van der Waals surface area contributed by atoms with Crippen LogP contribution in [0, 0.1) is 5.92 Å². The summed E-state index contributed by atoms with van der Waals surface area (Å²) in [5, 5.41) is 4.78. The van der Waals surface area contributed by atoms with Crippen LogP contribution in [0.15, 0.2) is 28.8 Å². The van der Waals surface area contributed by atoms with Gasteiger partial charge in [-0.05, 0) is 49.4 Å². The molecular weight excluding hydrogens is 388 g/mol. The van der Waals surface area contributed by atoms with Gasteiger partial charge in [0.2, 0.25) is 17.6 Å². The van der Waals surface area contributed by atoms with Crippen molar-refractivity contribution in [2.75, 3.05) is 26.2 Å². The number of hydrogen-bond donors (Lipinski definition) is 0.